The summed E-state index contributed by atoms with van der Waals surface area (Å²) in [5, 5.41) is 0.141. The Labute approximate surface area is 106 Å². The molecule has 0 spiro atoms. The maximum Gasteiger partial charge on any atom is 0.243 e. The third-order valence-corrected chi connectivity index (χ3v) is 4.13. The molecular formula is C10H15ClN2O3S. The quantitative estimate of drug-likeness (QED) is 0.885. The fourth-order valence-corrected chi connectivity index (χ4v) is 2.61. The maximum absolute atomic E-state index is 11.9. The van der Waals surface area contributed by atoms with Crippen molar-refractivity contribution in [1.29, 1.82) is 0 Å². The number of sulfonamides is 1. The number of ether oxygens (including phenoxy) is 1. The molecule has 17 heavy (non-hydrogen) atoms. The van der Waals surface area contributed by atoms with E-state index < -0.39 is 15.6 Å². The van der Waals surface area contributed by atoms with Gasteiger partial charge in [-0.05, 0) is 19.9 Å². The predicted octanol–water partition coefficient (Wildman–Crippen LogP) is 1.44. The van der Waals surface area contributed by atoms with Crippen LogP contribution >= 0.6 is 11.6 Å². The molecule has 5 nitrogen and oxygen atoms in total. The molecule has 1 N–H and O–H groups in total. The van der Waals surface area contributed by atoms with Crippen molar-refractivity contribution in [3.8, 4) is 0 Å². The highest BCUT2D eigenvalue weighted by atomic mass is 35.5. The molecule has 0 aliphatic carbocycles. The predicted molar refractivity (Wildman–Crippen MR) is 65.5 cm³/mol. The Morgan fingerprint density at radius 3 is 2.71 bits per heavy atom. The van der Waals surface area contributed by atoms with Gasteiger partial charge in [0.15, 0.2) is 0 Å². The standard InChI is InChI=1S/C10H15ClN2O3S/c1-10(2,16-3)7-13-17(14,15)9-6-12-5-4-8(9)11/h4-6,13H,7H2,1-3H3. The Kier molecular flexibility index (Phi) is 4.48. The van der Waals surface area contributed by atoms with Gasteiger partial charge in [0.2, 0.25) is 10.0 Å². The Morgan fingerprint density at radius 1 is 1.53 bits per heavy atom. The summed E-state index contributed by atoms with van der Waals surface area (Å²) < 4.78 is 31.4. The molecule has 1 heterocycles. The number of nitrogens with one attached hydrogen (secondary N) is 1. The van der Waals surface area contributed by atoms with Gasteiger partial charge in [-0.2, -0.15) is 0 Å². The number of pyridine rings is 1. The largest absolute Gasteiger partial charge is 0.377 e. The minimum Gasteiger partial charge on any atom is -0.377 e. The van der Waals surface area contributed by atoms with Gasteiger partial charge >= 0.3 is 0 Å². The van der Waals surface area contributed by atoms with Crippen molar-refractivity contribution in [3.63, 3.8) is 0 Å². The number of hydrogen-bond donors (Lipinski definition) is 1. The van der Waals surface area contributed by atoms with Gasteiger partial charge in [0, 0.05) is 26.0 Å². The molecule has 0 unspecified atom stereocenters. The van der Waals surface area contributed by atoms with Gasteiger partial charge in [0.05, 0.1) is 10.6 Å². The number of halogens is 1. The van der Waals surface area contributed by atoms with E-state index in [1.807, 2.05) is 0 Å². The van der Waals surface area contributed by atoms with Crippen LogP contribution in [0.15, 0.2) is 23.4 Å². The van der Waals surface area contributed by atoms with Gasteiger partial charge in [-0.1, -0.05) is 11.6 Å². The summed E-state index contributed by atoms with van der Waals surface area (Å²) in [4.78, 5) is 3.71. The van der Waals surface area contributed by atoms with E-state index in [1.54, 1.807) is 13.8 Å². The summed E-state index contributed by atoms with van der Waals surface area (Å²) in [5.41, 5.74) is -0.582. The fraction of sp³-hybridized carbons (Fsp3) is 0.500. The first-order valence-electron chi connectivity index (χ1n) is 4.93. The Hall–Kier alpha value is -0.690. The zero-order valence-electron chi connectivity index (χ0n) is 9.90. The van der Waals surface area contributed by atoms with Crippen LogP contribution in [0.2, 0.25) is 5.02 Å². The lowest BCUT2D eigenvalue weighted by Crippen LogP contribution is -2.39. The van der Waals surface area contributed by atoms with Crippen molar-refractivity contribution >= 4 is 21.6 Å². The van der Waals surface area contributed by atoms with E-state index in [9.17, 15) is 8.42 Å². The van der Waals surface area contributed by atoms with E-state index >= 15 is 0 Å². The van der Waals surface area contributed by atoms with Gasteiger partial charge in [-0.25, -0.2) is 13.1 Å². The number of rotatable bonds is 5. The molecule has 0 saturated carbocycles. The van der Waals surface area contributed by atoms with Crippen LogP contribution in [0.5, 0.6) is 0 Å². The average molecular weight is 279 g/mol. The van der Waals surface area contributed by atoms with Crippen LogP contribution in [0.25, 0.3) is 0 Å². The lowest BCUT2D eigenvalue weighted by molar-refractivity contribution is 0.0276. The van der Waals surface area contributed by atoms with Gasteiger partial charge in [-0.3, -0.25) is 4.98 Å². The second-order valence-corrected chi connectivity index (χ2v) is 6.24. The first-order chi connectivity index (χ1) is 7.78. The highest BCUT2D eigenvalue weighted by molar-refractivity contribution is 7.89. The van der Waals surface area contributed by atoms with Crippen LogP contribution in [0.4, 0.5) is 0 Å². The zero-order valence-corrected chi connectivity index (χ0v) is 11.5. The molecule has 0 fully saturated rings. The highest BCUT2D eigenvalue weighted by Crippen LogP contribution is 2.19. The van der Waals surface area contributed by atoms with E-state index in [0.717, 1.165) is 0 Å². The summed E-state index contributed by atoms with van der Waals surface area (Å²) in [7, 11) is -2.14. The normalized spacial score (nSPS) is 12.7. The van der Waals surface area contributed by atoms with Gasteiger partial charge in [0.25, 0.3) is 0 Å². The van der Waals surface area contributed by atoms with E-state index in [0.29, 0.717) is 0 Å². The number of methoxy groups -OCH3 is 1. The van der Waals surface area contributed by atoms with Crippen LogP contribution < -0.4 is 4.72 Å². The van der Waals surface area contributed by atoms with Gasteiger partial charge in [0.1, 0.15) is 4.90 Å². The summed E-state index contributed by atoms with van der Waals surface area (Å²) >= 11 is 5.80. The molecule has 0 aromatic carbocycles. The molecule has 0 aliphatic heterocycles. The van der Waals surface area contributed by atoms with Crippen LogP contribution in [0, 0.1) is 0 Å². The molecule has 0 bridgehead atoms. The zero-order chi connectivity index (χ0) is 13.1. The fourth-order valence-electron chi connectivity index (χ4n) is 0.979. The first-order valence-corrected chi connectivity index (χ1v) is 6.79. The second-order valence-electron chi connectivity index (χ2n) is 4.09. The summed E-state index contributed by atoms with van der Waals surface area (Å²) in [6.45, 7) is 3.71. The van der Waals surface area contributed by atoms with Crippen molar-refractivity contribution in [2.45, 2.75) is 24.3 Å². The Morgan fingerprint density at radius 2 is 2.18 bits per heavy atom. The monoisotopic (exact) mass is 278 g/mol. The third-order valence-electron chi connectivity index (χ3n) is 2.26. The first kappa shape index (κ1) is 14.4. The SMILES string of the molecule is COC(C)(C)CNS(=O)(=O)c1cnccc1Cl. The molecule has 1 rings (SSSR count). The molecule has 0 atom stereocenters. The summed E-state index contributed by atoms with van der Waals surface area (Å²) in [6, 6.07) is 1.43. The molecule has 1 aromatic rings. The molecule has 0 saturated heterocycles. The van der Waals surface area contributed by atoms with Crippen LogP contribution in [0.1, 0.15) is 13.8 Å². The molecule has 96 valence electrons. The lowest BCUT2D eigenvalue weighted by Gasteiger charge is -2.23. The highest BCUT2D eigenvalue weighted by Gasteiger charge is 2.23. The Balaban J connectivity index is 2.88. The van der Waals surface area contributed by atoms with Crippen LogP contribution in [-0.4, -0.2) is 32.7 Å². The smallest absolute Gasteiger partial charge is 0.243 e. The maximum atomic E-state index is 11.9. The molecule has 7 heteroatoms. The summed E-state index contributed by atoms with van der Waals surface area (Å²) in [6.07, 6.45) is 2.64. The van der Waals surface area contributed by atoms with Crippen LogP contribution in [-0.2, 0) is 14.8 Å². The van der Waals surface area contributed by atoms with Crippen molar-refractivity contribution in [2.24, 2.45) is 0 Å². The van der Waals surface area contributed by atoms with Gasteiger partial charge in [-0.15, -0.1) is 0 Å². The molecule has 0 radical (unpaired) electrons. The van der Waals surface area contributed by atoms with E-state index in [2.05, 4.69) is 9.71 Å². The lowest BCUT2D eigenvalue weighted by atomic mass is 10.1. The number of hydrogen-bond acceptors (Lipinski definition) is 4. The average Bonchev–Trinajstić information content (AvgIpc) is 2.27. The molecule has 0 aliphatic rings. The van der Waals surface area contributed by atoms with Crippen LogP contribution in [0.3, 0.4) is 0 Å². The van der Waals surface area contributed by atoms with E-state index in [1.165, 1.54) is 25.6 Å². The molecule has 1 aromatic heterocycles. The topological polar surface area (TPSA) is 68.3 Å². The molecular weight excluding hydrogens is 264 g/mol. The molecule has 0 amide bonds. The minimum absolute atomic E-state index is 0.0337. The van der Waals surface area contributed by atoms with Gasteiger partial charge < -0.3 is 4.74 Å². The second kappa shape index (κ2) is 5.30. The number of aromatic nitrogens is 1. The third kappa shape index (κ3) is 3.92. The number of nitrogens with zero attached hydrogens (tertiary/aromatic N) is 1. The van der Waals surface area contributed by atoms with Crippen molar-refractivity contribution in [2.75, 3.05) is 13.7 Å². The van der Waals surface area contributed by atoms with Crippen molar-refractivity contribution < 1.29 is 13.2 Å². The van der Waals surface area contributed by atoms with E-state index in [-0.39, 0.29) is 16.5 Å². The van der Waals surface area contributed by atoms with Crippen molar-refractivity contribution in [1.82, 2.24) is 9.71 Å². The Bertz CT molecular complexity index is 488. The van der Waals surface area contributed by atoms with Crippen molar-refractivity contribution in [3.05, 3.63) is 23.5 Å². The minimum atomic E-state index is -3.66. The van der Waals surface area contributed by atoms with E-state index in [4.69, 9.17) is 16.3 Å². The summed E-state index contributed by atoms with van der Waals surface area (Å²) in [5.74, 6) is 0.